The lowest BCUT2D eigenvalue weighted by molar-refractivity contribution is -0.116. The van der Waals surface area contributed by atoms with E-state index >= 15 is 0 Å². The molecule has 19 heavy (non-hydrogen) atoms. The second kappa shape index (κ2) is 6.06. The summed E-state index contributed by atoms with van der Waals surface area (Å²) in [5.74, 6) is -0.266. The molecule has 1 unspecified atom stereocenters. The van der Waals surface area contributed by atoms with Gasteiger partial charge in [0.05, 0.1) is 6.54 Å². The molecule has 4 heteroatoms. The number of rotatable bonds is 5. The van der Waals surface area contributed by atoms with E-state index in [4.69, 9.17) is 5.73 Å². The molecular formula is C15H23N3O. The van der Waals surface area contributed by atoms with Crippen molar-refractivity contribution in [3.8, 4) is 0 Å². The first kappa shape index (κ1) is 13.9. The van der Waals surface area contributed by atoms with Gasteiger partial charge in [-0.25, -0.2) is 0 Å². The maximum Gasteiger partial charge on any atom is 0.236 e. The van der Waals surface area contributed by atoms with E-state index < -0.39 is 0 Å². The molecule has 1 aliphatic heterocycles. The third kappa shape index (κ3) is 3.26. The van der Waals surface area contributed by atoms with Gasteiger partial charge in [-0.2, -0.15) is 0 Å². The molecule has 104 valence electrons. The molecule has 0 bridgehead atoms. The van der Waals surface area contributed by atoms with E-state index in [0.29, 0.717) is 12.6 Å². The summed E-state index contributed by atoms with van der Waals surface area (Å²) in [6.07, 6.45) is 2.16. The van der Waals surface area contributed by atoms with E-state index in [1.807, 2.05) is 0 Å². The molecule has 2 rings (SSSR count). The Kier molecular flexibility index (Phi) is 4.43. The topological polar surface area (TPSA) is 58.4 Å². The van der Waals surface area contributed by atoms with Crippen molar-refractivity contribution in [3.05, 3.63) is 29.3 Å². The number of hydrogen-bond donors (Lipinski definition) is 2. The van der Waals surface area contributed by atoms with Gasteiger partial charge in [-0.05, 0) is 43.5 Å². The molecule has 0 saturated carbocycles. The minimum atomic E-state index is -0.266. The highest BCUT2D eigenvalue weighted by Crippen LogP contribution is 2.29. The minimum absolute atomic E-state index is 0.266. The molecule has 0 aromatic heterocycles. The second-order valence-corrected chi connectivity index (χ2v) is 5.16. The number of nitrogens with one attached hydrogen (secondary N) is 1. The van der Waals surface area contributed by atoms with Crippen molar-refractivity contribution in [2.45, 2.75) is 32.7 Å². The number of anilines is 1. The first-order valence-corrected chi connectivity index (χ1v) is 7.01. The predicted octanol–water partition coefficient (Wildman–Crippen LogP) is 1.59. The van der Waals surface area contributed by atoms with Crippen molar-refractivity contribution in [3.63, 3.8) is 0 Å². The van der Waals surface area contributed by atoms with Gasteiger partial charge < -0.3 is 16.0 Å². The highest BCUT2D eigenvalue weighted by molar-refractivity contribution is 5.80. The number of carbonyl (C=O) groups excluding carboxylic acids is 1. The quantitative estimate of drug-likeness (QED) is 0.846. The Hall–Kier alpha value is -1.55. The van der Waals surface area contributed by atoms with Crippen LogP contribution in [-0.4, -0.2) is 25.5 Å². The maximum absolute atomic E-state index is 11.1. The van der Waals surface area contributed by atoms with Gasteiger partial charge in [-0.3, -0.25) is 4.79 Å². The molecule has 1 heterocycles. The zero-order valence-electron chi connectivity index (χ0n) is 11.8. The van der Waals surface area contributed by atoms with Crippen LogP contribution in [0.5, 0.6) is 0 Å². The van der Waals surface area contributed by atoms with Gasteiger partial charge in [-0.1, -0.05) is 19.1 Å². The van der Waals surface area contributed by atoms with Gasteiger partial charge in [0.25, 0.3) is 0 Å². The molecule has 0 aliphatic carbocycles. The van der Waals surface area contributed by atoms with Gasteiger partial charge in [0.2, 0.25) is 5.91 Å². The standard InChI is InChI=1S/C15H23N3O/c1-3-17-11(2)12-6-7-14-13(9-12)5-4-8-18(14)10-15(16)19/h6-7,9,11,17H,3-5,8,10H2,1-2H3,(H2,16,19). The maximum atomic E-state index is 11.1. The normalized spacial score (nSPS) is 16.0. The van der Waals surface area contributed by atoms with Crippen molar-refractivity contribution in [2.75, 3.05) is 24.5 Å². The zero-order valence-corrected chi connectivity index (χ0v) is 11.8. The Labute approximate surface area is 115 Å². The molecule has 1 atom stereocenters. The summed E-state index contributed by atoms with van der Waals surface area (Å²) in [5.41, 5.74) is 9.11. The summed E-state index contributed by atoms with van der Waals surface area (Å²) < 4.78 is 0. The Morgan fingerprint density at radius 2 is 2.32 bits per heavy atom. The van der Waals surface area contributed by atoms with E-state index in [1.54, 1.807) is 0 Å². The summed E-state index contributed by atoms with van der Waals surface area (Å²) in [6, 6.07) is 6.89. The molecule has 1 aliphatic rings. The number of benzene rings is 1. The van der Waals surface area contributed by atoms with Gasteiger partial charge in [0.15, 0.2) is 0 Å². The van der Waals surface area contributed by atoms with Crippen molar-refractivity contribution in [1.29, 1.82) is 0 Å². The van der Waals surface area contributed by atoms with Crippen LogP contribution in [0.15, 0.2) is 18.2 Å². The Bertz CT molecular complexity index is 459. The van der Waals surface area contributed by atoms with Crippen molar-refractivity contribution in [2.24, 2.45) is 5.73 Å². The zero-order chi connectivity index (χ0) is 13.8. The third-order valence-electron chi connectivity index (χ3n) is 3.68. The van der Waals surface area contributed by atoms with Crippen LogP contribution >= 0.6 is 0 Å². The summed E-state index contributed by atoms with van der Waals surface area (Å²) in [6.45, 7) is 6.48. The lowest BCUT2D eigenvalue weighted by Gasteiger charge is -2.31. The average molecular weight is 261 g/mol. The van der Waals surface area contributed by atoms with Gasteiger partial charge in [0, 0.05) is 18.3 Å². The van der Waals surface area contributed by atoms with E-state index in [-0.39, 0.29) is 5.91 Å². The fourth-order valence-electron chi connectivity index (χ4n) is 2.74. The molecule has 1 aromatic rings. The van der Waals surface area contributed by atoms with E-state index in [2.05, 4.69) is 42.3 Å². The van der Waals surface area contributed by atoms with Crippen molar-refractivity contribution in [1.82, 2.24) is 5.32 Å². The Balaban J connectivity index is 2.22. The number of hydrogen-bond acceptors (Lipinski definition) is 3. The minimum Gasteiger partial charge on any atom is -0.368 e. The van der Waals surface area contributed by atoms with E-state index in [1.165, 1.54) is 11.1 Å². The number of fused-ring (bicyclic) bond motifs is 1. The Morgan fingerprint density at radius 3 is 3.00 bits per heavy atom. The summed E-state index contributed by atoms with van der Waals surface area (Å²) in [4.78, 5) is 13.2. The monoisotopic (exact) mass is 261 g/mol. The fourth-order valence-corrected chi connectivity index (χ4v) is 2.74. The van der Waals surface area contributed by atoms with Crippen LogP contribution in [0.2, 0.25) is 0 Å². The van der Waals surface area contributed by atoms with Gasteiger partial charge in [0.1, 0.15) is 0 Å². The second-order valence-electron chi connectivity index (χ2n) is 5.16. The number of nitrogens with two attached hydrogens (primary N) is 1. The number of amides is 1. The average Bonchev–Trinajstić information content (AvgIpc) is 2.38. The largest absolute Gasteiger partial charge is 0.368 e. The molecular weight excluding hydrogens is 238 g/mol. The summed E-state index contributed by atoms with van der Waals surface area (Å²) in [7, 11) is 0. The van der Waals surface area contributed by atoms with Crippen molar-refractivity contribution < 1.29 is 4.79 Å². The SMILES string of the molecule is CCNC(C)c1ccc2c(c1)CCCN2CC(N)=O. The number of primary amides is 1. The van der Waals surface area contributed by atoms with E-state index in [9.17, 15) is 4.79 Å². The third-order valence-corrected chi connectivity index (χ3v) is 3.68. The summed E-state index contributed by atoms with van der Waals surface area (Å²) >= 11 is 0. The molecule has 0 fully saturated rings. The molecule has 1 aromatic carbocycles. The van der Waals surface area contributed by atoms with Crippen LogP contribution in [-0.2, 0) is 11.2 Å². The molecule has 0 radical (unpaired) electrons. The predicted molar refractivity (Wildman–Crippen MR) is 78.3 cm³/mol. The summed E-state index contributed by atoms with van der Waals surface area (Å²) in [5, 5.41) is 3.42. The Morgan fingerprint density at radius 1 is 1.53 bits per heavy atom. The first-order valence-electron chi connectivity index (χ1n) is 7.01. The number of carbonyl (C=O) groups is 1. The van der Waals surface area contributed by atoms with Crippen LogP contribution in [0.4, 0.5) is 5.69 Å². The highest BCUT2D eigenvalue weighted by atomic mass is 16.1. The van der Waals surface area contributed by atoms with Crippen LogP contribution in [0.25, 0.3) is 0 Å². The molecule has 0 saturated heterocycles. The fraction of sp³-hybridized carbons (Fsp3) is 0.533. The van der Waals surface area contributed by atoms with Crippen LogP contribution < -0.4 is 16.0 Å². The first-order chi connectivity index (χ1) is 9.11. The lowest BCUT2D eigenvalue weighted by atomic mass is 9.97. The highest BCUT2D eigenvalue weighted by Gasteiger charge is 2.19. The lowest BCUT2D eigenvalue weighted by Crippen LogP contribution is -2.37. The molecule has 3 N–H and O–H groups in total. The van der Waals surface area contributed by atoms with Crippen molar-refractivity contribution >= 4 is 11.6 Å². The molecule has 1 amide bonds. The van der Waals surface area contributed by atoms with E-state index in [0.717, 1.165) is 31.6 Å². The van der Waals surface area contributed by atoms with Gasteiger partial charge >= 0.3 is 0 Å². The van der Waals surface area contributed by atoms with Crippen LogP contribution in [0.1, 0.15) is 37.4 Å². The smallest absolute Gasteiger partial charge is 0.236 e. The molecule has 4 nitrogen and oxygen atoms in total. The number of aryl methyl sites for hydroxylation is 1. The number of nitrogens with zero attached hydrogens (tertiary/aromatic N) is 1. The van der Waals surface area contributed by atoms with Gasteiger partial charge in [-0.15, -0.1) is 0 Å². The van der Waals surface area contributed by atoms with Crippen LogP contribution in [0, 0.1) is 0 Å². The van der Waals surface area contributed by atoms with Crippen LogP contribution in [0.3, 0.4) is 0 Å². The molecule has 0 spiro atoms.